The van der Waals surface area contributed by atoms with E-state index in [1.54, 1.807) is 30.6 Å². The first-order valence-corrected chi connectivity index (χ1v) is 12.7. The number of imidazole rings is 1. The van der Waals surface area contributed by atoms with Crippen molar-refractivity contribution in [1.29, 1.82) is 0 Å². The molecule has 178 valence electrons. The highest BCUT2D eigenvalue weighted by molar-refractivity contribution is 7.92. The third-order valence-corrected chi connectivity index (χ3v) is 7.10. The Bertz CT molecular complexity index is 1430. The predicted octanol–water partition coefficient (Wildman–Crippen LogP) is 3.63. The number of fused-ring (bicyclic) bond motifs is 1. The Kier molecular flexibility index (Phi) is 5.67. The predicted molar refractivity (Wildman–Crippen MR) is 126 cm³/mol. The van der Waals surface area contributed by atoms with Gasteiger partial charge in [0.2, 0.25) is 10.0 Å². The number of aromatic amines is 1. The zero-order valence-electron chi connectivity index (χ0n) is 18.4. The van der Waals surface area contributed by atoms with Gasteiger partial charge in [0.05, 0.1) is 36.8 Å². The smallest absolute Gasteiger partial charge is 0.232 e. The van der Waals surface area contributed by atoms with Gasteiger partial charge in [0.25, 0.3) is 0 Å². The number of anilines is 1. The monoisotopic (exact) mass is 485 g/mol. The minimum Gasteiger partial charge on any atom is -0.455 e. The summed E-state index contributed by atoms with van der Waals surface area (Å²) in [5, 5.41) is 20.1. The Labute approximate surface area is 195 Å². The zero-order chi connectivity index (χ0) is 24.0. The maximum absolute atomic E-state index is 13.6. The molecule has 0 spiro atoms. The van der Waals surface area contributed by atoms with Crippen LogP contribution in [-0.4, -0.2) is 54.1 Å². The van der Waals surface area contributed by atoms with E-state index in [1.165, 1.54) is 12.1 Å². The topological polar surface area (TPSA) is 120 Å². The summed E-state index contributed by atoms with van der Waals surface area (Å²) in [6, 6.07) is 9.49. The second-order valence-electron chi connectivity index (χ2n) is 8.56. The van der Waals surface area contributed by atoms with Crippen LogP contribution in [-0.2, 0) is 10.0 Å². The Morgan fingerprint density at radius 1 is 1.26 bits per heavy atom. The lowest BCUT2D eigenvalue weighted by Crippen LogP contribution is -2.38. The largest absolute Gasteiger partial charge is 0.455 e. The number of halogens is 1. The lowest BCUT2D eigenvalue weighted by atomic mass is 10.0. The molecule has 1 atom stereocenters. The molecule has 1 fully saturated rings. The average Bonchev–Trinajstić information content (AvgIpc) is 3.37. The molecule has 1 aliphatic rings. The Hall–Kier alpha value is -3.21. The van der Waals surface area contributed by atoms with Gasteiger partial charge in [0.15, 0.2) is 0 Å². The third-order valence-electron chi connectivity index (χ3n) is 5.95. The molecule has 34 heavy (non-hydrogen) atoms. The first-order chi connectivity index (χ1) is 16.3. The third kappa shape index (κ3) is 4.20. The van der Waals surface area contributed by atoms with E-state index in [4.69, 9.17) is 4.42 Å². The molecule has 0 bridgehead atoms. The minimum atomic E-state index is -3.76. The van der Waals surface area contributed by atoms with E-state index >= 15 is 0 Å². The molecule has 0 saturated heterocycles. The lowest BCUT2D eigenvalue weighted by Gasteiger charge is -2.26. The van der Waals surface area contributed by atoms with Gasteiger partial charge in [0, 0.05) is 29.4 Å². The number of furan rings is 1. The minimum absolute atomic E-state index is 0.170. The molecule has 10 heteroatoms. The second-order valence-corrected chi connectivity index (χ2v) is 10.5. The van der Waals surface area contributed by atoms with Gasteiger partial charge in [-0.2, -0.15) is 0 Å². The van der Waals surface area contributed by atoms with Crippen LogP contribution in [0.15, 0.2) is 53.2 Å². The molecule has 0 radical (unpaired) electrons. The van der Waals surface area contributed by atoms with Gasteiger partial charge >= 0.3 is 0 Å². The fraction of sp³-hybridized carbons (Fsp3) is 0.292. The van der Waals surface area contributed by atoms with Gasteiger partial charge in [-0.05, 0) is 54.7 Å². The average molecular weight is 486 g/mol. The fourth-order valence-electron chi connectivity index (χ4n) is 4.19. The van der Waals surface area contributed by atoms with Crippen molar-refractivity contribution in [2.45, 2.75) is 24.9 Å². The molecule has 0 aliphatic heterocycles. The molecular weight excluding hydrogens is 461 g/mol. The van der Waals surface area contributed by atoms with E-state index in [9.17, 15) is 23.0 Å². The number of aliphatic hydroxyl groups is 2. The van der Waals surface area contributed by atoms with E-state index in [1.807, 2.05) is 6.07 Å². The van der Waals surface area contributed by atoms with E-state index in [0.717, 1.165) is 34.4 Å². The van der Waals surface area contributed by atoms with E-state index in [2.05, 4.69) is 9.97 Å². The van der Waals surface area contributed by atoms with Crippen LogP contribution in [0.1, 0.15) is 24.3 Å². The van der Waals surface area contributed by atoms with Crippen molar-refractivity contribution in [1.82, 2.24) is 9.97 Å². The van der Waals surface area contributed by atoms with Crippen LogP contribution in [0.3, 0.4) is 0 Å². The fourth-order valence-corrected chi connectivity index (χ4v) is 5.15. The van der Waals surface area contributed by atoms with Crippen molar-refractivity contribution in [3.05, 3.63) is 60.2 Å². The SMILES string of the molecule is CS(=O)(=O)N(CC(O)CO)c1cc2oc(-c3ccc(F)cc3)c(-c3ncc[nH]3)c2cc1C1CC1. The molecule has 4 aromatic rings. The molecule has 1 aliphatic carbocycles. The number of nitrogens with one attached hydrogen (secondary N) is 1. The van der Waals surface area contributed by atoms with Crippen LogP contribution >= 0.6 is 0 Å². The number of benzene rings is 2. The molecular formula is C24H24FN3O5S. The highest BCUT2D eigenvalue weighted by Crippen LogP contribution is 2.49. The Morgan fingerprint density at radius 3 is 2.59 bits per heavy atom. The number of nitrogens with zero attached hydrogens (tertiary/aromatic N) is 2. The highest BCUT2D eigenvalue weighted by Gasteiger charge is 2.33. The molecule has 3 N–H and O–H groups in total. The van der Waals surface area contributed by atoms with Crippen molar-refractivity contribution in [2.24, 2.45) is 0 Å². The summed E-state index contributed by atoms with van der Waals surface area (Å²) in [6.45, 7) is -0.845. The lowest BCUT2D eigenvalue weighted by molar-refractivity contribution is 0.102. The summed E-state index contributed by atoms with van der Waals surface area (Å²) in [7, 11) is -3.76. The standard InChI is InChI=1S/C24H24FN3O5S/c1-34(31,32)28(12-17(30)13-29)20-11-21-19(10-18(20)14-2-3-14)22(24-26-8-9-27-24)23(33-21)15-4-6-16(25)7-5-15/h4-11,14,17,29-30H,2-3,12-13H2,1H3,(H,26,27). The van der Waals surface area contributed by atoms with Gasteiger partial charge in [-0.25, -0.2) is 17.8 Å². The number of aromatic nitrogens is 2. The zero-order valence-corrected chi connectivity index (χ0v) is 19.2. The van der Waals surface area contributed by atoms with Crippen LogP contribution in [0, 0.1) is 5.82 Å². The molecule has 0 amide bonds. The number of rotatable bonds is 8. The number of sulfonamides is 1. The maximum atomic E-state index is 13.6. The molecule has 8 nitrogen and oxygen atoms in total. The maximum Gasteiger partial charge on any atom is 0.232 e. The Balaban J connectivity index is 1.77. The summed E-state index contributed by atoms with van der Waals surface area (Å²) in [5.41, 5.74) is 3.01. The molecule has 1 saturated carbocycles. The van der Waals surface area contributed by atoms with Crippen molar-refractivity contribution < 1.29 is 27.4 Å². The van der Waals surface area contributed by atoms with Gasteiger partial charge < -0.3 is 19.6 Å². The van der Waals surface area contributed by atoms with Crippen LogP contribution in [0.25, 0.3) is 33.7 Å². The number of aliphatic hydroxyl groups excluding tert-OH is 2. The molecule has 5 rings (SSSR count). The second kappa shape index (κ2) is 8.53. The summed E-state index contributed by atoms with van der Waals surface area (Å²) in [4.78, 5) is 7.49. The van der Waals surface area contributed by atoms with Gasteiger partial charge in [-0.3, -0.25) is 4.31 Å². The number of hydrogen-bond donors (Lipinski definition) is 3. The van der Waals surface area contributed by atoms with Crippen LogP contribution in [0.4, 0.5) is 10.1 Å². The van der Waals surface area contributed by atoms with Gasteiger partial charge in [-0.1, -0.05) is 0 Å². The van der Waals surface area contributed by atoms with Gasteiger partial charge in [-0.15, -0.1) is 0 Å². The van der Waals surface area contributed by atoms with E-state index < -0.39 is 22.7 Å². The molecule has 1 unspecified atom stereocenters. The molecule has 2 aromatic heterocycles. The first kappa shape index (κ1) is 22.6. The Morgan fingerprint density at radius 2 is 2.00 bits per heavy atom. The van der Waals surface area contributed by atoms with Crippen LogP contribution in [0.2, 0.25) is 0 Å². The van der Waals surface area contributed by atoms with Crippen molar-refractivity contribution >= 4 is 26.7 Å². The first-order valence-electron chi connectivity index (χ1n) is 10.9. The van der Waals surface area contributed by atoms with Crippen molar-refractivity contribution in [3.63, 3.8) is 0 Å². The van der Waals surface area contributed by atoms with E-state index in [-0.39, 0.29) is 18.3 Å². The van der Waals surface area contributed by atoms with Crippen LogP contribution < -0.4 is 4.31 Å². The van der Waals surface area contributed by atoms with E-state index in [0.29, 0.717) is 34.0 Å². The summed E-state index contributed by atoms with van der Waals surface area (Å²) >= 11 is 0. The molecule has 2 aromatic carbocycles. The molecule has 2 heterocycles. The number of hydrogen-bond acceptors (Lipinski definition) is 6. The summed E-state index contributed by atoms with van der Waals surface area (Å²) < 4.78 is 46.3. The van der Waals surface area contributed by atoms with Crippen molar-refractivity contribution in [2.75, 3.05) is 23.7 Å². The normalized spacial score (nSPS) is 15.1. The van der Waals surface area contributed by atoms with Gasteiger partial charge in [0.1, 0.15) is 23.0 Å². The van der Waals surface area contributed by atoms with Crippen LogP contribution in [0.5, 0.6) is 0 Å². The summed E-state index contributed by atoms with van der Waals surface area (Å²) in [5.74, 6) is 0.848. The quantitative estimate of drug-likeness (QED) is 0.351. The van der Waals surface area contributed by atoms with Crippen molar-refractivity contribution in [3.8, 4) is 22.7 Å². The highest BCUT2D eigenvalue weighted by atomic mass is 32.2. The summed E-state index contributed by atoms with van der Waals surface area (Å²) in [6.07, 6.45) is 4.98. The number of H-pyrrole nitrogens is 1.